The fraction of sp³-hybridized carbons (Fsp3) is 0.909. The lowest BCUT2D eigenvalue weighted by Crippen LogP contribution is -2.41. The Morgan fingerprint density at radius 1 is 1.19 bits per heavy atom. The molecule has 16 heavy (non-hydrogen) atoms. The zero-order valence-corrected chi connectivity index (χ0v) is 9.60. The molecule has 0 bridgehead atoms. The second-order valence-corrected chi connectivity index (χ2v) is 4.75. The second-order valence-electron chi connectivity index (χ2n) is 4.75. The van der Waals surface area contributed by atoms with Crippen LogP contribution in [0.15, 0.2) is 0 Å². The Bertz CT molecular complexity index is 242. The molecule has 0 aliphatic heterocycles. The first-order valence-corrected chi connectivity index (χ1v) is 5.67. The van der Waals surface area contributed by atoms with Crippen LogP contribution in [-0.2, 0) is 4.79 Å². The molecule has 0 saturated heterocycles. The molecule has 0 heterocycles. The van der Waals surface area contributed by atoms with Crippen molar-refractivity contribution in [2.24, 2.45) is 11.8 Å². The van der Waals surface area contributed by atoms with Crippen molar-refractivity contribution in [3.05, 3.63) is 0 Å². The molecule has 0 radical (unpaired) electrons. The number of hydrogen-bond acceptors (Lipinski definition) is 1. The molecule has 1 aliphatic rings. The molecule has 94 valence electrons. The first-order chi connectivity index (χ1) is 7.30. The molecule has 0 atom stereocenters. The fourth-order valence-corrected chi connectivity index (χ4v) is 1.93. The highest BCUT2D eigenvalue weighted by Gasteiger charge is 2.41. The molecular formula is C11H18F3NO. The average Bonchev–Trinajstić information content (AvgIpc) is 2.17. The van der Waals surface area contributed by atoms with Gasteiger partial charge in [-0.1, -0.05) is 13.8 Å². The third-order valence-corrected chi connectivity index (χ3v) is 3.06. The smallest absolute Gasteiger partial charge is 0.353 e. The minimum absolute atomic E-state index is 0.0736. The third-order valence-electron chi connectivity index (χ3n) is 3.06. The summed E-state index contributed by atoms with van der Waals surface area (Å²) in [4.78, 5) is 11.4. The van der Waals surface area contributed by atoms with Crippen LogP contribution in [0.1, 0.15) is 39.5 Å². The quantitative estimate of drug-likeness (QED) is 0.786. The zero-order chi connectivity index (χ0) is 12.3. The van der Waals surface area contributed by atoms with E-state index in [1.165, 1.54) is 0 Å². The lowest BCUT2D eigenvalue weighted by atomic mass is 9.85. The molecule has 0 spiro atoms. The highest BCUT2D eigenvalue weighted by molar-refractivity contribution is 5.78. The molecule has 1 aliphatic carbocycles. The van der Waals surface area contributed by atoms with E-state index in [0.717, 1.165) is 0 Å². The number of halogens is 3. The zero-order valence-electron chi connectivity index (χ0n) is 9.60. The Balaban J connectivity index is 2.35. The molecule has 1 fully saturated rings. The van der Waals surface area contributed by atoms with Gasteiger partial charge in [0.1, 0.15) is 0 Å². The summed E-state index contributed by atoms with van der Waals surface area (Å²) in [6.45, 7) is 3.55. The molecule has 1 amide bonds. The summed E-state index contributed by atoms with van der Waals surface area (Å²) in [5.74, 6) is -1.37. The van der Waals surface area contributed by atoms with Crippen molar-refractivity contribution < 1.29 is 18.0 Å². The molecule has 0 unspecified atom stereocenters. The number of carbonyl (C=O) groups is 1. The van der Waals surface area contributed by atoms with Gasteiger partial charge in [0.2, 0.25) is 5.91 Å². The van der Waals surface area contributed by atoms with Crippen molar-refractivity contribution in [1.29, 1.82) is 0 Å². The van der Waals surface area contributed by atoms with Gasteiger partial charge in [0.15, 0.2) is 0 Å². The van der Waals surface area contributed by atoms with E-state index in [9.17, 15) is 18.0 Å². The van der Waals surface area contributed by atoms with Crippen LogP contribution in [-0.4, -0.2) is 18.1 Å². The number of alkyl halides is 3. The molecule has 0 aromatic heterocycles. The van der Waals surface area contributed by atoms with Gasteiger partial charge in [-0.2, -0.15) is 13.2 Å². The predicted molar refractivity (Wildman–Crippen MR) is 54.8 cm³/mol. The number of hydrogen-bond donors (Lipinski definition) is 1. The standard InChI is InChI=1S/C11H18F3NO/c1-7(2)10(16)15-9-5-3-8(4-6-9)11(12,13)14/h7-9H,3-6H2,1-2H3,(H,15,16). The van der Waals surface area contributed by atoms with E-state index in [4.69, 9.17) is 0 Å². The highest BCUT2D eigenvalue weighted by Crippen LogP contribution is 2.37. The normalized spacial score (nSPS) is 26.9. The maximum atomic E-state index is 12.4. The number of rotatable bonds is 2. The Kier molecular flexibility index (Phi) is 4.21. The third kappa shape index (κ3) is 3.68. The predicted octanol–water partition coefficient (Wildman–Crippen LogP) is 2.88. The number of amides is 1. The van der Waals surface area contributed by atoms with Crippen molar-refractivity contribution in [2.45, 2.75) is 51.7 Å². The van der Waals surface area contributed by atoms with Crippen molar-refractivity contribution in [2.75, 3.05) is 0 Å². The van der Waals surface area contributed by atoms with Crippen LogP contribution in [0.25, 0.3) is 0 Å². The van der Waals surface area contributed by atoms with Crippen molar-refractivity contribution in [1.82, 2.24) is 5.32 Å². The van der Waals surface area contributed by atoms with Gasteiger partial charge in [-0.05, 0) is 25.7 Å². The Labute approximate surface area is 93.6 Å². The highest BCUT2D eigenvalue weighted by atomic mass is 19.4. The fourth-order valence-electron chi connectivity index (χ4n) is 1.93. The molecule has 1 rings (SSSR count). The summed E-state index contributed by atoms with van der Waals surface area (Å²) in [5.41, 5.74) is 0. The van der Waals surface area contributed by atoms with E-state index >= 15 is 0 Å². The summed E-state index contributed by atoms with van der Waals surface area (Å²) in [7, 11) is 0. The van der Waals surface area contributed by atoms with E-state index in [1.807, 2.05) is 0 Å². The van der Waals surface area contributed by atoms with Crippen molar-refractivity contribution >= 4 is 5.91 Å². The first kappa shape index (κ1) is 13.3. The van der Waals surface area contributed by atoms with Crippen molar-refractivity contribution in [3.63, 3.8) is 0 Å². The van der Waals surface area contributed by atoms with Gasteiger partial charge in [-0.3, -0.25) is 4.79 Å². The summed E-state index contributed by atoms with van der Waals surface area (Å²) < 4.78 is 37.1. The Hall–Kier alpha value is -0.740. The van der Waals surface area contributed by atoms with Gasteiger partial charge in [0.05, 0.1) is 5.92 Å². The molecule has 2 nitrogen and oxygen atoms in total. The Morgan fingerprint density at radius 3 is 2.06 bits per heavy atom. The average molecular weight is 237 g/mol. The van der Waals surface area contributed by atoms with Gasteiger partial charge >= 0.3 is 6.18 Å². The number of nitrogens with one attached hydrogen (secondary N) is 1. The van der Waals surface area contributed by atoms with Gasteiger partial charge in [-0.25, -0.2) is 0 Å². The molecule has 1 saturated carbocycles. The van der Waals surface area contributed by atoms with Crippen LogP contribution < -0.4 is 5.32 Å². The monoisotopic (exact) mass is 237 g/mol. The lowest BCUT2D eigenvalue weighted by Gasteiger charge is -2.30. The van der Waals surface area contributed by atoms with Crippen LogP contribution in [0.4, 0.5) is 13.2 Å². The van der Waals surface area contributed by atoms with Gasteiger partial charge in [0.25, 0.3) is 0 Å². The maximum Gasteiger partial charge on any atom is 0.391 e. The molecule has 0 aromatic carbocycles. The second kappa shape index (κ2) is 5.06. The largest absolute Gasteiger partial charge is 0.391 e. The summed E-state index contributed by atoms with van der Waals surface area (Å²) in [6, 6.07) is -0.0755. The van der Waals surface area contributed by atoms with E-state index < -0.39 is 12.1 Å². The van der Waals surface area contributed by atoms with Crippen LogP contribution in [0.2, 0.25) is 0 Å². The van der Waals surface area contributed by atoms with Gasteiger partial charge < -0.3 is 5.32 Å². The van der Waals surface area contributed by atoms with Crippen LogP contribution >= 0.6 is 0 Å². The van der Waals surface area contributed by atoms with Crippen molar-refractivity contribution in [3.8, 4) is 0 Å². The minimum atomic E-state index is -4.08. The van der Waals surface area contributed by atoms with E-state index in [1.54, 1.807) is 13.8 Å². The lowest BCUT2D eigenvalue weighted by molar-refractivity contribution is -0.182. The van der Waals surface area contributed by atoms with Crippen LogP contribution in [0.3, 0.4) is 0 Å². The number of carbonyl (C=O) groups excluding carboxylic acids is 1. The van der Waals surface area contributed by atoms with Crippen LogP contribution in [0, 0.1) is 11.8 Å². The van der Waals surface area contributed by atoms with E-state index in [0.29, 0.717) is 12.8 Å². The molecular weight excluding hydrogens is 219 g/mol. The summed E-state index contributed by atoms with van der Waals surface area (Å²) in [6.07, 6.45) is -2.95. The SMILES string of the molecule is CC(C)C(=O)NC1CCC(C(F)(F)F)CC1. The van der Waals surface area contributed by atoms with E-state index in [-0.39, 0.29) is 30.7 Å². The summed E-state index contributed by atoms with van der Waals surface area (Å²) in [5, 5.41) is 2.78. The Morgan fingerprint density at radius 2 is 1.69 bits per heavy atom. The molecule has 1 N–H and O–H groups in total. The first-order valence-electron chi connectivity index (χ1n) is 5.67. The van der Waals surface area contributed by atoms with Gasteiger partial charge in [0, 0.05) is 12.0 Å². The summed E-state index contributed by atoms with van der Waals surface area (Å²) >= 11 is 0. The molecule has 0 aromatic rings. The molecule has 5 heteroatoms. The topological polar surface area (TPSA) is 29.1 Å². The maximum absolute atomic E-state index is 12.4. The van der Waals surface area contributed by atoms with Gasteiger partial charge in [-0.15, -0.1) is 0 Å². The van der Waals surface area contributed by atoms with E-state index in [2.05, 4.69) is 5.32 Å². The van der Waals surface area contributed by atoms with Crippen LogP contribution in [0.5, 0.6) is 0 Å². The minimum Gasteiger partial charge on any atom is -0.353 e.